The van der Waals surface area contributed by atoms with Gasteiger partial charge in [0.25, 0.3) is 5.91 Å². The Hall–Kier alpha value is -1.61. The van der Waals surface area contributed by atoms with Crippen LogP contribution in [-0.2, 0) is 0 Å². The third-order valence-electron chi connectivity index (χ3n) is 2.95. The van der Waals surface area contributed by atoms with Crippen LogP contribution < -0.4 is 11.0 Å². The van der Waals surface area contributed by atoms with Gasteiger partial charge in [-0.1, -0.05) is 0 Å². The highest BCUT2D eigenvalue weighted by Crippen LogP contribution is 2.21. The first-order valence-electron chi connectivity index (χ1n) is 6.01. The van der Waals surface area contributed by atoms with E-state index in [1.807, 2.05) is 12.1 Å². The maximum Gasteiger partial charge on any atom is 0.323 e. The summed E-state index contributed by atoms with van der Waals surface area (Å²) in [7, 11) is 0. The van der Waals surface area contributed by atoms with Crippen molar-refractivity contribution >= 4 is 61.1 Å². The number of H-pyrrole nitrogens is 2. The number of imidazole rings is 1. The van der Waals surface area contributed by atoms with E-state index in [0.29, 0.717) is 22.3 Å². The Balaban J connectivity index is 1.92. The second kappa shape index (κ2) is 5.64. The molecular weight excluding hydrogens is 449 g/mol. The van der Waals surface area contributed by atoms with Gasteiger partial charge in [-0.15, -0.1) is 0 Å². The SMILES string of the molecule is O=C(Nc1ccc2[nH]c(=O)[nH]c2c1)c1cc(I)ccc1Br. The number of halogens is 2. The van der Waals surface area contributed by atoms with Gasteiger partial charge in [-0.3, -0.25) is 4.79 Å². The molecule has 5 nitrogen and oxygen atoms in total. The normalized spacial score (nSPS) is 10.8. The van der Waals surface area contributed by atoms with E-state index >= 15 is 0 Å². The van der Waals surface area contributed by atoms with Gasteiger partial charge in [0.15, 0.2) is 0 Å². The lowest BCUT2D eigenvalue weighted by molar-refractivity contribution is 0.102. The van der Waals surface area contributed by atoms with Crippen LogP contribution in [0, 0.1) is 3.57 Å². The number of carbonyl (C=O) groups is 1. The van der Waals surface area contributed by atoms with Crippen LogP contribution in [0.15, 0.2) is 45.7 Å². The second-order valence-corrected chi connectivity index (χ2v) is 6.52. The highest BCUT2D eigenvalue weighted by molar-refractivity contribution is 14.1. The largest absolute Gasteiger partial charge is 0.323 e. The molecule has 3 aromatic rings. The summed E-state index contributed by atoms with van der Waals surface area (Å²) >= 11 is 5.53. The number of anilines is 1. The smallest absolute Gasteiger partial charge is 0.322 e. The van der Waals surface area contributed by atoms with Gasteiger partial charge in [0.05, 0.1) is 16.6 Å². The quantitative estimate of drug-likeness (QED) is 0.515. The highest BCUT2D eigenvalue weighted by atomic mass is 127. The number of rotatable bonds is 2. The van der Waals surface area contributed by atoms with Crippen LogP contribution >= 0.6 is 38.5 Å². The van der Waals surface area contributed by atoms with Gasteiger partial charge in [0.2, 0.25) is 0 Å². The minimum Gasteiger partial charge on any atom is -0.322 e. The zero-order valence-electron chi connectivity index (χ0n) is 10.5. The monoisotopic (exact) mass is 457 g/mol. The molecule has 0 fully saturated rings. The van der Waals surface area contributed by atoms with Gasteiger partial charge in [0, 0.05) is 13.7 Å². The lowest BCUT2D eigenvalue weighted by atomic mass is 10.2. The molecule has 0 saturated carbocycles. The lowest BCUT2D eigenvalue weighted by Crippen LogP contribution is -2.12. The third-order valence-corrected chi connectivity index (χ3v) is 4.31. The number of carbonyl (C=O) groups excluding carboxylic acids is 1. The Labute approximate surface area is 141 Å². The van der Waals surface area contributed by atoms with Crippen LogP contribution in [0.2, 0.25) is 0 Å². The summed E-state index contributed by atoms with van der Waals surface area (Å²) in [5.41, 5.74) is 2.26. The van der Waals surface area contributed by atoms with Gasteiger partial charge in [-0.2, -0.15) is 0 Å². The number of hydrogen-bond acceptors (Lipinski definition) is 2. The van der Waals surface area contributed by atoms with Crippen LogP contribution in [0.4, 0.5) is 5.69 Å². The summed E-state index contributed by atoms with van der Waals surface area (Å²) < 4.78 is 1.71. The van der Waals surface area contributed by atoms with Gasteiger partial charge >= 0.3 is 5.69 Å². The fourth-order valence-electron chi connectivity index (χ4n) is 1.98. The Morgan fingerprint density at radius 1 is 1.10 bits per heavy atom. The molecular formula is C14H9BrIN3O2. The van der Waals surface area contributed by atoms with E-state index in [4.69, 9.17) is 0 Å². The minimum absolute atomic E-state index is 0.211. The molecule has 0 aliphatic carbocycles. The predicted octanol–water partition coefficient (Wildman–Crippen LogP) is 3.48. The Morgan fingerprint density at radius 2 is 1.86 bits per heavy atom. The molecule has 0 aliphatic rings. The summed E-state index contributed by atoms with van der Waals surface area (Å²) in [5.74, 6) is -0.211. The number of aromatic nitrogens is 2. The van der Waals surface area contributed by atoms with Gasteiger partial charge in [-0.05, 0) is 74.9 Å². The fourth-order valence-corrected chi connectivity index (χ4v) is 2.90. The van der Waals surface area contributed by atoms with E-state index in [1.54, 1.807) is 24.3 Å². The van der Waals surface area contributed by atoms with Crippen LogP contribution in [0.25, 0.3) is 11.0 Å². The molecule has 106 valence electrons. The molecule has 3 N–H and O–H groups in total. The van der Waals surface area contributed by atoms with Crippen molar-refractivity contribution in [1.29, 1.82) is 0 Å². The van der Waals surface area contributed by atoms with E-state index in [9.17, 15) is 9.59 Å². The Bertz CT molecular complexity index is 901. The third kappa shape index (κ3) is 3.03. The minimum atomic E-state index is -0.270. The molecule has 0 atom stereocenters. The zero-order valence-corrected chi connectivity index (χ0v) is 14.3. The summed E-state index contributed by atoms with van der Waals surface area (Å²) in [4.78, 5) is 28.8. The number of benzene rings is 2. The van der Waals surface area contributed by atoms with Gasteiger partial charge < -0.3 is 15.3 Å². The summed E-state index contributed by atoms with van der Waals surface area (Å²) in [6.07, 6.45) is 0. The molecule has 0 radical (unpaired) electrons. The molecule has 7 heteroatoms. The lowest BCUT2D eigenvalue weighted by Gasteiger charge is -2.07. The predicted molar refractivity (Wildman–Crippen MR) is 93.7 cm³/mol. The van der Waals surface area contributed by atoms with E-state index in [2.05, 4.69) is 53.8 Å². The van der Waals surface area contributed by atoms with Gasteiger partial charge in [-0.25, -0.2) is 4.79 Å². The molecule has 21 heavy (non-hydrogen) atoms. The molecule has 0 unspecified atom stereocenters. The van der Waals surface area contributed by atoms with Gasteiger partial charge in [0.1, 0.15) is 0 Å². The van der Waals surface area contributed by atoms with Crippen LogP contribution in [-0.4, -0.2) is 15.9 Å². The topological polar surface area (TPSA) is 77.8 Å². The van der Waals surface area contributed by atoms with Crippen molar-refractivity contribution in [2.75, 3.05) is 5.32 Å². The number of amides is 1. The molecule has 0 saturated heterocycles. The average Bonchev–Trinajstić information content (AvgIpc) is 2.80. The fraction of sp³-hybridized carbons (Fsp3) is 0. The summed E-state index contributed by atoms with van der Waals surface area (Å²) in [5, 5.41) is 2.82. The standard InChI is InChI=1S/C14H9BrIN3O2/c15-10-3-1-7(16)5-9(10)13(20)17-8-2-4-11-12(6-8)19-14(21)18-11/h1-6H,(H,17,20)(H2,18,19,21). The highest BCUT2D eigenvalue weighted by Gasteiger charge is 2.11. The first kappa shape index (κ1) is 14.3. The summed E-state index contributed by atoms with van der Waals surface area (Å²) in [6, 6.07) is 10.8. The summed E-state index contributed by atoms with van der Waals surface area (Å²) in [6.45, 7) is 0. The van der Waals surface area contributed by atoms with Crippen molar-refractivity contribution in [2.45, 2.75) is 0 Å². The van der Waals surface area contributed by atoms with E-state index < -0.39 is 0 Å². The molecule has 1 aromatic heterocycles. The van der Waals surface area contributed by atoms with Crippen LogP contribution in [0.3, 0.4) is 0 Å². The van der Waals surface area contributed by atoms with Crippen molar-refractivity contribution in [2.24, 2.45) is 0 Å². The molecule has 0 bridgehead atoms. The number of nitrogens with one attached hydrogen (secondary N) is 3. The number of hydrogen-bond donors (Lipinski definition) is 3. The van der Waals surface area contributed by atoms with Crippen molar-refractivity contribution < 1.29 is 4.79 Å². The van der Waals surface area contributed by atoms with Crippen molar-refractivity contribution in [3.05, 3.63) is 60.5 Å². The maximum absolute atomic E-state index is 12.3. The number of fused-ring (bicyclic) bond motifs is 1. The molecule has 3 rings (SSSR count). The Morgan fingerprint density at radius 3 is 2.67 bits per heavy atom. The zero-order chi connectivity index (χ0) is 15.0. The molecule has 1 heterocycles. The van der Waals surface area contributed by atoms with Crippen molar-refractivity contribution in [1.82, 2.24) is 9.97 Å². The molecule has 0 spiro atoms. The van der Waals surface area contributed by atoms with Crippen molar-refractivity contribution in [3.8, 4) is 0 Å². The van der Waals surface area contributed by atoms with Crippen LogP contribution in [0.5, 0.6) is 0 Å². The van der Waals surface area contributed by atoms with E-state index in [-0.39, 0.29) is 11.6 Å². The Kier molecular flexibility index (Phi) is 3.85. The van der Waals surface area contributed by atoms with Crippen LogP contribution in [0.1, 0.15) is 10.4 Å². The molecule has 2 aromatic carbocycles. The van der Waals surface area contributed by atoms with E-state index in [0.717, 1.165) is 8.04 Å². The molecule has 1 amide bonds. The van der Waals surface area contributed by atoms with Crippen molar-refractivity contribution in [3.63, 3.8) is 0 Å². The number of aromatic amines is 2. The van der Waals surface area contributed by atoms with E-state index in [1.165, 1.54) is 0 Å². The average molecular weight is 458 g/mol. The maximum atomic E-state index is 12.3. The second-order valence-electron chi connectivity index (χ2n) is 4.42. The first-order chi connectivity index (χ1) is 10.0. The first-order valence-corrected chi connectivity index (χ1v) is 7.88. The molecule has 0 aliphatic heterocycles.